The monoisotopic (exact) mass is 475 g/mol. The van der Waals surface area contributed by atoms with Crippen molar-refractivity contribution in [2.75, 3.05) is 12.1 Å². The van der Waals surface area contributed by atoms with Gasteiger partial charge in [-0.2, -0.15) is 0 Å². The molecule has 184 valence electrons. The van der Waals surface area contributed by atoms with E-state index < -0.39 is 0 Å². The standard InChI is InChI=1S/C27H33N5O3/c28-18-9-11-20(12-10-18)30-27(33)21-7-4-14-32-25(21)31-24(26(32)29-19-5-2-1-3-6-19)17-8-13-22-23(15-17)35-16-34-22/h4,7-8,13-15,18-20,29H,1-3,5-6,9-12,16,28H2,(H,30,33). The number of benzene rings is 1. The minimum atomic E-state index is -0.0810. The van der Waals surface area contributed by atoms with Crippen LogP contribution in [-0.2, 0) is 0 Å². The van der Waals surface area contributed by atoms with Crippen LogP contribution in [0.5, 0.6) is 11.5 Å². The molecule has 4 N–H and O–H groups in total. The molecule has 0 unspecified atom stereocenters. The van der Waals surface area contributed by atoms with Gasteiger partial charge in [0.25, 0.3) is 5.91 Å². The molecule has 0 radical (unpaired) electrons. The summed E-state index contributed by atoms with van der Waals surface area (Å²) in [5, 5.41) is 7.00. The number of hydrogen-bond donors (Lipinski definition) is 3. The van der Waals surface area contributed by atoms with Gasteiger partial charge >= 0.3 is 0 Å². The number of anilines is 1. The van der Waals surface area contributed by atoms with Crippen LogP contribution >= 0.6 is 0 Å². The quantitative estimate of drug-likeness (QED) is 0.503. The Bertz CT molecular complexity index is 1230. The molecular formula is C27H33N5O3. The summed E-state index contributed by atoms with van der Waals surface area (Å²) in [6.07, 6.45) is 11.7. The first kappa shape index (κ1) is 22.2. The van der Waals surface area contributed by atoms with E-state index in [2.05, 4.69) is 10.6 Å². The second-order valence-electron chi connectivity index (χ2n) is 10.1. The summed E-state index contributed by atoms with van der Waals surface area (Å²) in [6.45, 7) is 0.230. The Balaban J connectivity index is 1.38. The van der Waals surface area contributed by atoms with Crippen molar-refractivity contribution >= 4 is 17.4 Å². The van der Waals surface area contributed by atoms with Gasteiger partial charge in [-0.15, -0.1) is 0 Å². The van der Waals surface area contributed by atoms with Gasteiger partial charge in [0.1, 0.15) is 11.5 Å². The topological polar surface area (TPSA) is 103 Å². The van der Waals surface area contributed by atoms with E-state index in [4.69, 9.17) is 20.2 Å². The number of nitrogens with two attached hydrogens (primary N) is 1. The van der Waals surface area contributed by atoms with E-state index in [0.717, 1.165) is 67.1 Å². The van der Waals surface area contributed by atoms with Crippen molar-refractivity contribution in [1.29, 1.82) is 0 Å². The molecule has 3 aromatic rings. The van der Waals surface area contributed by atoms with Crippen molar-refractivity contribution in [2.45, 2.75) is 75.9 Å². The first-order valence-electron chi connectivity index (χ1n) is 12.9. The molecule has 2 saturated carbocycles. The zero-order chi connectivity index (χ0) is 23.8. The summed E-state index contributed by atoms with van der Waals surface area (Å²) in [5.41, 5.74) is 9.04. The zero-order valence-electron chi connectivity index (χ0n) is 20.0. The SMILES string of the molecule is NC1CCC(NC(=O)c2cccn3c(NC4CCCCC4)c(-c4ccc5c(c4)OCO5)nc23)CC1. The lowest BCUT2D eigenvalue weighted by atomic mass is 9.91. The Morgan fingerprint density at radius 3 is 2.60 bits per heavy atom. The number of pyridine rings is 1. The number of ether oxygens (including phenoxy) is 2. The maximum absolute atomic E-state index is 13.4. The second-order valence-corrected chi connectivity index (χ2v) is 10.1. The van der Waals surface area contributed by atoms with Crippen LogP contribution < -0.4 is 25.8 Å². The first-order chi connectivity index (χ1) is 17.2. The van der Waals surface area contributed by atoms with Crippen LogP contribution in [0, 0.1) is 0 Å². The fraction of sp³-hybridized carbons (Fsp3) is 0.481. The van der Waals surface area contributed by atoms with Gasteiger partial charge < -0.3 is 25.8 Å². The van der Waals surface area contributed by atoms with E-state index in [1.807, 2.05) is 40.9 Å². The van der Waals surface area contributed by atoms with Crippen molar-refractivity contribution in [2.24, 2.45) is 5.73 Å². The maximum atomic E-state index is 13.4. The lowest BCUT2D eigenvalue weighted by Gasteiger charge is -2.26. The minimum Gasteiger partial charge on any atom is -0.454 e. The molecule has 3 aliphatic rings. The third-order valence-corrected chi connectivity index (χ3v) is 7.59. The molecule has 8 nitrogen and oxygen atoms in total. The van der Waals surface area contributed by atoms with Crippen LogP contribution in [-0.4, -0.2) is 40.2 Å². The highest BCUT2D eigenvalue weighted by molar-refractivity contribution is 6.01. The molecule has 0 atom stereocenters. The van der Waals surface area contributed by atoms with Crippen LogP contribution in [0.25, 0.3) is 16.9 Å². The predicted octanol–water partition coefficient (Wildman–Crippen LogP) is 4.47. The highest BCUT2D eigenvalue weighted by atomic mass is 16.7. The van der Waals surface area contributed by atoms with E-state index in [0.29, 0.717) is 17.3 Å². The summed E-state index contributed by atoms with van der Waals surface area (Å²) in [7, 11) is 0. The molecule has 2 aromatic heterocycles. The smallest absolute Gasteiger partial charge is 0.255 e. The van der Waals surface area contributed by atoms with Gasteiger partial charge in [0.05, 0.1) is 5.56 Å². The van der Waals surface area contributed by atoms with Crippen LogP contribution in [0.1, 0.15) is 68.1 Å². The largest absolute Gasteiger partial charge is 0.454 e. The van der Waals surface area contributed by atoms with Gasteiger partial charge in [0.2, 0.25) is 6.79 Å². The van der Waals surface area contributed by atoms with Crippen LogP contribution in [0.4, 0.5) is 5.82 Å². The number of nitrogens with one attached hydrogen (secondary N) is 2. The second kappa shape index (κ2) is 9.41. The predicted molar refractivity (Wildman–Crippen MR) is 135 cm³/mol. The van der Waals surface area contributed by atoms with Crippen molar-refractivity contribution in [1.82, 2.24) is 14.7 Å². The number of amides is 1. The van der Waals surface area contributed by atoms with Crippen LogP contribution in [0.3, 0.4) is 0 Å². The summed E-state index contributed by atoms with van der Waals surface area (Å²) < 4.78 is 13.2. The molecule has 2 aliphatic carbocycles. The fourth-order valence-corrected chi connectivity index (χ4v) is 5.59. The Hall–Kier alpha value is -3.26. The van der Waals surface area contributed by atoms with Crippen molar-refractivity contribution < 1.29 is 14.3 Å². The van der Waals surface area contributed by atoms with Crippen LogP contribution in [0.15, 0.2) is 36.5 Å². The zero-order valence-corrected chi connectivity index (χ0v) is 20.0. The number of fused-ring (bicyclic) bond motifs is 2. The van der Waals surface area contributed by atoms with Gasteiger partial charge in [-0.1, -0.05) is 19.3 Å². The molecule has 2 fully saturated rings. The molecule has 3 heterocycles. The highest BCUT2D eigenvalue weighted by Gasteiger charge is 2.26. The number of aromatic nitrogens is 2. The number of hydrogen-bond acceptors (Lipinski definition) is 6. The van der Waals surface area contributed by atoms with Gasteiger partial charge in [-0.3, -0.25) is 9.20 Å². The first-order valence-corrected chi connectivity index (χ1v) is 12.9. The summed E-state index contributed by atoms with van der Waals surface area (Å²) in [5.74, 6) is 2.30. The summed E-state index contributed by atoms with van der Waals surface area (Å²) >= 11 is 0. The molecule has 8 heteroatoms. The summed E-state index contributed by atoms with van der Waals surface area (Å²) in [4.78, 5) is 18.4. The molecule has 0 bridgehead atoms. The van der Waals surface area contributed by atoms with E-state index >= 15 is 0 Å². The van der Waals surface area contributed by atoms with Gasteiger partial charge in [-0.25, -0.2) is 4.98 Å². The number of rotatable bonds is 5. The lowest BCUT2D eigenvalue weighted by molar-refractivity contribution is 0.0927. The van der Waals surface area contributed by atoms with E-state index in [1.54, 1.807) is 0 Å². The van der Waals surface area contributed by atoms with Crippen molar-refractivity contribution in [3.05, 3.63) is 42.1 Å². The average Bonchev–Trinajstić information content (AvgIpc) is 3.50. The number of nitrogens with zero attached hydrogens (tertiary/aromatic N) is 2. The Labute approximate surface area is 205 Å². The van der Waals surface area contributed by atoms with Gasteiger partial charge in [0.15, 0.2) is 17.1 Å². The molecular weight excluding hydrogens is 442 g/mol. The molecule has 1 aromatic carbocycles. The maximum Gasteiger partial charge on any atom is 0.255 e. The van der Waals surface area contributed by atoms with E-state index in [1.165, 1.54) is 19.3 Å². The number of imidazole rings is 1. The molecule has 6 rings (SSSR count). The molecule has 1 amide bonds. The molecule has 0 spiro atoms. The summed E-state index contributed by atoms with van der Waals surface area (Å²) in [6, 6.07) is 10.5. The number of carbonyl (C=O) groups is 1. The van der Waals surface area contributed by atoms with Crippen molar-refractivity contribution in [3.63, 3.8) is 0 Å². The van der Waals surface area contributed by atoms with Crippen LogP contribution in [0.2, 0.25) is 0 Å². The Morgan fingerprint density at radius 2 is 1.77 bits per heavy atom. The normalized spacial score (nSPS) is 22.3. The number of carbonyl (C=O) groups excluding carboxylic acids is 1. The minimum absolute atomic E-state index is 0.0810. The third-order valence-electron chi connectivity index (χ3n) is 7.59. The van der Waals surface area contributed by atoms with Gasteiger partial charge in [-0.05, 0) is 68.9 Å². The highest BCUT2D eigenvalue weighted by Crippen LogP contribution is 2.39. The van der Waals surface area contributed by atoms with E-state index in [9.17, 15) is 4.79 Å². The van der Waals surface area contributed by atoms with E-state index in [-0.39, 0.29) is 24.8 Å². The third kappa shape index (κ3) is 4.43. The van der Waals surface area contributed by atoms with Crippen molar-refractivity contribution in [3.8, 4) is 22.8 Å². The molecule has 1 aliphatic heterocycles. The Kier molecular flexibility index (Phi) is 5.98. The lowest BCUT2D eigenvalue weighted by Crippen LogP contribution is -2.40. The average molecular weight is 476 g/mol. The Morgan fingerprint density at radius 1 is 0.971 bits per heavy atom. The van der Waals surface area contributed by atoms with Gasteiger partial charge in [0, 0.05) is 29.9 Å². The molecule has 0 saturated heterocycles. The molecule has 35 heavy (non-hydrogen) atoms. The fourth-order valence-electron chi connectivity index (χ4n) is 5.59.